The Kier molecular flexibility index (Phi) is 5.19. The topological polar surface area (TPSA) is 144 Å². The third kappa shape index (κ3) is 4.14. The molecular formula is C11H10ClN3O6. The van der Waals surface area contributed by atoms with Crippen molar-refractivity contribution >= 4 is 35.1 Å². The molecule has 112 valence electrons. The number of aliphatic carboxylic acids is 1. The van der Waals surface area contributed by atoms with Crippen LogP contribution in [0.3, 0.4) is 0 Å². The Morgan fingerprint density at radius 2 is 1.95 bits per heavy atom. The number of hydrogen-bond acceptors (Lipinski definition) is 5. The fourth-order valence-electron chi connectivity index (χ4n) is 1.59. The van der Waals surface area contributed by atoms with Crippen LogP contribution in [0.15, 0.2) is 18.2 Å². The van der Waals surface area contributed by atoms with E-state index in [1.54, 1.807) is 0 Å². The van der Waals surface area contributed by atoms with Gasteiger partial charge in [-0.25, -0.2) is 0 Å². The summed E-state index contributed by atoms with van der Waals surface area (Å²) in [5.41, 5.74) is 3.84. The van der Waals surface area contributed by atoms with Crippen LogP contribution in [-0.2, 0) is 9.59 Å². The molecule has 0 atom stereocenters. The van der Waals surface area contributed by atoms with Gasteiger partial charge in [-0.2, -0.15) is 0 Å². The quantitative estimate of drug-likeness (QED) is 0.569. The summed E-state index contributed by atoms with van der Waals surface area (Å²) in [4.78, 5) is 44.5. The first-order valence-electron chi connectivity index (χ1n) is 5.46. The van der Waals surface area contributed by atoms with E-state index in [1.165, 1.54) is 12.1 Å². The highest BCUT2D eigenvalue weighted by Gasteiger charge is 2.29. The minimum atomic E-state index is -1.40. The van der Waals surface area contributed by atoms with E-state index in [1.807, 2.05) is 0 Å². The van der Waals surface area contributed by atoms with Crippen LogP contribution in [0.2, 0.25) is 5.02 Å². The van der Waals surface area contributed by atoms with Crippen molar-refractivity contribution in [2.24, 2.45) is 5.73 Å². The number of benzene rings is 1. The third-order valence-electron chi connectivity index (χ3n) is 2.36. The molecule has 0 bridgehead atoms. The normalized spacial score (nSPS) is 9.95. The number of nitrogens with zero attached hydrogens (tertiary/aromatic N) is 2. The molecule has 1 aromatic rings. The molecule has 21 heavy (non-hydrogen) atoms. The van der Waals surface area contributed by atoms with Gasteiger partial charge in [0.15, 0.2) is 0 Å². The number of primary amides is 1. The zero-order chi connectivity index (χ0) is 16.2. The number of rotatable bonds is 6. The number of carboxylic acid groups (broad SMARTS) is 1. The SMILES string of the molecule is NC(=O)CN(CC(=O)O)C(=O)c1c(Cl)cccc1[N+](=O)[O-]. The molecule has 2 amide bonds. The average Bonchev–Trinajstić information content (AvgIpc) is 2.35. The maximum atomic E-state index is 12.2. The number of amides is 2. The van der Waals surface area contributed by atoms with Gasteiger partial charge in [-0.05, 0) is 6.07 Å². The summed E-state index contributed by atoms with van der Waals surface area (Å²) >= 11 is 5.77. The van der Waals surface area contributed by atoms with Crippen molar-refractivity contribution in [2.75, 3.05) is 13.1 Å². The van der Waals surface area contributed by atoms with Crippen LogP contribution in [0.25, 0.3) is 0 Å². The molecular weight excluding hydrogens is 306 g/mol. The Labute approximate surface area is 123 Å². The van der Waals surface area contributed by atoms with Crippen LogP contribution in [-0.4, -0.2) is 45.8 Å². The van der Waals surface area contributed by atoms with E-state index < -0.39 is 47.0 Å². The van der Waals surface area contributed by atoms with E-state index in [9.17, 15) is 24.5 Å². The molecule has 1 aromatic carbocycles. The summed E-state index contributed by atoms with van der Waals surface area (Å²) < 4.78 is 0. The van der Waals surface area contributed by atoms with Crippen molar-refractivity contribution < 1.29 is 24.4 Å². The summed E-state index contributed by atoms with van der Waals surface area (Å²) in [6.07, 6.45) is 0. The molecule has 0 heterocycles. The summed E-state index contributed by atoms with van der Waals surface area (Å²) in [7, 11) is 0. The number of carbonyl (C=O) groups is 3. The van der Waals surface area contributed by atoms with Crippen LogP contribution in [0.5, 0.6) is 0 Å². The molecule has 0 spiro atoms. The van der Waals surface area contributed by atoms with Gasteiger partial charge in [0.2, 0.25) is 5.91 Å². The lowest BCUT2D eigenvalue weighted by Crippen LogP contribution is -2.41. The van der Waals surface area contributed by atoms with Gasteiger partial charge in [-0.15, -0.1) is 0 Å². The largest absolute Gasteiger partial charge is 0.480 e. The van der Waals surface area contributed by atoms with Gasteiger partial charge < -0.3 is 15.7 Å². The summed E-state index contributed by atoms with van der Waals surface area (Å²) in [6.45, 7) is -1.54. The van der Waals surface area contributed by atoms with E-state index in [2.05, 4.69) is 0 Å². The van der Waals surface area contributed by atoms with Gasteiger partial charge in [0.05, 0.1) is 9.95 Å². The van der Waals surface area contributed by atoms with Gasteiger partial charge in [0.1, 0.15) is 18.7 Å². The van der Waals surface area contributed by atoms with E-state index in [-0.39, 0.29) is 5.02 Å². The lowest BCUT2D eigenvalue weighted by atomic mass is 10.1. The van der Waals surface area contributed by atoms with E-state index in [0.29, 0.717) is 4.90 Å². The van der Waals surface area contributed by atoms with Crippen LogP contribution >= 0.6 is 11.6 Å². The van der Waals surface area contributed by atoms with Gasteiger partial charge in [-0.3, -0.25) is 24.5 Å². The molecule has 0 radical (unpaired) electrons. The number of halogens is 1. The van der Waals surface area contributed by atoms with Gasteiger partial charge in [0.25, 0.3) is 11.6 Å². The number of hydrogen-bond donors (Lipinski definition) is 2. The summed E-state index contributed by atoms with van der Waals surface area (Å²) in [5.74, 6) is -3.42. The monoisotopic (exact) mass is 315 g/mol. The third-order valence-corrected chi connectivity index (χ3v) is 2.68. The first-order valence-corrected chi connectivity index (χ1v) is 5.84. The van der Waals surface area contributed by atoms with Crippen molar-refractivity contribution in [3.63, 3.8) is 0 Å². The molecule has 10 heteroatoms. The van der Waals surface area contributed by atoms with E-state index >= 15 is 0 Å². The highest BCUT2D eigenvalue weighted by atomic mass is 35.5. The second-order valence-electron chi connectivity index (χ2n) is 3.91. The molecule has 0 unspecified atom stereocenters. The van der Waals surface area contributed by atoms with Crippen LogP contribution < -0.4 is 5.73 Å². The zero-order valence-corrected chi connectivity index (χ0v) is 11.2. The Morgan fingerprint density at radius 1 is 1.33 bits per heavy atom. The standard InChI is InChI=1S/C11H10ClN3O6/c12-6-2-1-3-7(15(20)21)10(6)11(19)14(4-8(13)16)5-9(17)18/h1-3H,4-5H2,(H2,13,16)(H,17,18). The second kappa shape index (κ2) is 6.66. The first-order chi connectivity index (χ1) is 9.73. The van der Waals surface area contributed by atoms with E-state index in [0.717, 1.165) is 6.07 Å². The lowest BCUT2D eigenvalue weighted by molar-refractivity contribution is -0.385. The predicted octanol–water partition coefficient (Wildman–Crippen LogP) is 0.260. The molecule has 0 saturated carbocycles. The van der Waals surface area contributed by atoms with Crippen LogP contribution in [0.1, 0.15) is 10.4 Å². The molecule has 0 aliphatic rings. The molecule has 3 N–H and O–H groups in total. The summed E-state index contributed by atoms with van der Waals surface area (Å²) in [5, 5.41) is 19.4. The van der Waals surface area contributed by atoms with Crippen LogP contribution in [0, 0.1) is 10.1 Å². The minimum absolute atomic E-state index is 0.228. The fraction of sp³-hybridized carbons (Fsp3) is 0.182. The predicted molar refractivity (Wildman–Crippen MR) is 70.8 cm³/mol. The Bertz CT molecular complexity index is 602. The van der Waals surface area contributed by atoms with Crippen molar-refractivity contribution in [3.8, 4) is 0 Å². The average molecular weight is 316 g/mol. The number of nitro benzene ring substituents is 1. The lowest BCUT2D eigenvalue weighted by Gasteiger charge is -2.19. The van der Waals surface area contributed by atoms with Gasteiger partial charge in [-0.1, -0.05) is 17.7 Å². The first kappa shape index (κ1) is 16.4. The molecule has 0 fully saturated rings. The molecule has 0 saturated heterocycles. The highest BCUT2D eigenvalue weighted by Crippen LogP contribution is 2.27. The highest BCUT2D eigenvalue weighted by molar-refractivity contribution is 6.34. The molecule has 0 aliphatic carbocycles. The van der Waals surface area contributed by atoms with Gasteiger partial charge in [0, 0.05) is 6.07 Å². The summed E-state index contributed by atoms with van der Waals surface area (Å²) in [6, 6.07) is 3.56. The number of carboxylic acids is 1. The Morgan fingerprint density at radius 3 is 2.43 bits per heavy atom. The van der Waals surface area contributed by atoms with Crippen molar-refractivity contribution in [3.05, 3.63) is 38.9 Å². The zero-order valence-electron chi connectivity index (χ0n) is 10.5. The molecule has 0 aromatic heterocycles. The number of nitrogens with two attached hydrogens (primary N) is 1. The molecule has 9 nitrogen and oxygen atoms in total. The van der Waals surface area contributed by atoms with Crippen molar-refractivity contribution in [2.45, 2.75) is 0 Å². The Hall–Kier alpha value is -2.68. The smallest absolute Gasteiger partial charge is 0.323 e. The maximum absolute atomic E-state index is 12.2. The Balaban J connectivity index is 3.29. The molecule has 0 aliphatic heterocycles. The number of nitro groups is 1. The van der Waals surface area contributed by atoms with E-state index in [4.69, 9.17) is 22.4 Å². The van der Waals surface area contributed by atoms with Gasteiger partial charge >= 0.3 is 5.97 Å². The van der Waals surface area contributed by atoms with Crippen molar-refractivity contribution in [1.29, 1.82) is 0 Å². The fourth-order valence-corrected chi connectivity index (χ4v) is 1.84. The second-order valence-corrected chi connectivity index (χ2v) is 4.32. The van der Waals surface area contributed by atoms with Crippen LogP contribution in [0.4, 0.5) is 5.69 Å². The molecule has 1 rings (SSSR count). The van der Waals surface area contributed by atoms with Crippen molar-refractivity contribution in [1.82, 2.24) is 4.90 Å². The number of carbonyl (C=O) groups excluding carboxylic acids is 2. The maximum Gasteiger partial charge on any atom is 0.323 e. The minimum Gasteiger partial charge on any atom is -0.480 e.